The fourth-order valence-corrected chi connectivity index (χ4v) is 4.34. The van der Waals surface area contributed by atoms with Gasteiger partial charge in [0.25, 0.3) is 17.5 Å². The molecule has 2 fully saturated rings. The molecule has 7 nitrogen and oxygen atoms in total. The van der Waals surface area contributed by atoms with E-state index in [0.29, 0.717) is 17.7 Å². The number of hydrazine groups is 1. The van der Waals surface area contributed by atoms with Crippen LogP contribution in [0.5, 0.6) is 0 Å². The van der Waals surface area contributed by atoms with Crippen molar-refractivity contribution in [3.8, 4) is 0 Å². The molecule has 1 N–H and O–H groups in total. The van der Waals surface area contributed by atoms with Crippen LogP contribution in [-0.2, 0) is 9.59 Å². The molecule has 2 unspecified atom stereocenters. The van der Waals surface area contributed by atoms with Crippen molar-refractivity contribution in [2.45, 2.75) is 39.0 Å². The van der Waals surface area contributed by atoms with Crippen LogP contribution in [0.4, 0.5) is 15.8 Å². The minimum absolute atomic E-state index is 0.00526. The Morgan fingerprint density at radius 2 is 1.81 bits per heavy atom. The molecule has 1 aliphatic carbocycles. The molecular weight excluding hydrogens is 401 g/mol. The first-order valence-corrected chi connectivity index (χ1v) is 10.1. The van der Waals surface area contributed by atoms with Crippen molar-refractivity contribution in [1.29, 1.82) is 0 Å². The normalized spacial score (nSPS) is 22.3. The Hall–Kier alpha value is -3.55. The third kappa shape index (κ3) is 3.93. The molecule has 160 valence electrons. The molecule has 4 rings (SSSR count). The number of carbonyl (C=O) groups excluding carboxylic acids is 2. The molecule has 8 heteroatoms. The summed E-state index contributed by atoms with van der Waals surface area (Å²) in [6, 6.07) is 8.77. The number of rotatable bonds is 4. The topological polar surface area (TPSA) is 92.6 Å². The number of nitro benzene ring substituents is 1. The van der Waals surface area contributed by atoms with E-state index < -0.39 is 17.6 Å². The van der Waals surface area contributed by atoms with E-state index in [-0.39, 0.29) is 28.0 Å². The van der Waals surface area contributed by atoms with E-state index in [2.05, 4.69) is 5.43 Å². The van der Waals surface area contributed by atoms with Gasteiger partial charge in [0.1, 0.15) is 11.4 Å². The lowest BCUT2D eigenvalue weighted by Gasteiger charge is -2.14. The van der Waals surface area contributed by atoms with Crippen LogP contribution in [0.3, 0.4) is 0 Å². The van der Waals surface area contributed by atoms with Gasteiger partial charge in [-0.2, -0.15) is 0 Å². The summed E-state index contributed by atoms with van der Waals surface area (Å²) in [6.07, 6.45) is 3.78. The highest BCUT2D eigenvalue weighted by molar-refractivity contribution is 6.29. The number of amides is 2. The van der Waals surface area contributed by atoms with Crippen LogP contribution < -0.4 is 10.4 Å². The van der Waals surface area contributed by atoms with Crippen LogP contribution in [-0.4, -0.2) is 16.7 Å². The van der Waals surface area contributed by atoms with Gasteiger partial charge in [-0.1, -0.05) is 6.08 Å². The predicted octanol–water partition coefficient (Wildman–Crippen LogP) is 4.24. The summed E-state index contributed by atoms with van der Waals surface area (Å²) in [4.78, 5) is 36.4. The van der Waals surface area contributed by atoms with E-state index in [1.165, 1.54) is 24.3 Å². The largest absolute Gasteiger partial charge is 0.282 e. The van der Waals surface area contributed by atoms with E-state index in [1.54, 1.807) is 12.1 Å². The lowest BCUT2D eigenvalue weighted by atomic mass is 9.91. The Bertz CT molecular complexity index is 1110. The van der Waals surface area contributed by atoms with Gasteiger partial charge >= 0.3 is 0 Å². The summed E-state index contributed by atoms with van der Waals surface area (Å²) in [5.41, 5.74) is 5.64. The molecule has 2 amide bonds. The molecule has 2 aromatic rings. The minimum Gasteiger partial charge on any atom is -0.267 e. The summed E-state index contributed by atoms with van der Waals surface area (Å²) >= 11 is 0. The predicted molar refractivity (Wildman–Crippen MR) is 113 cm³/mol. The van der Waals surface area contributed by atoms with Crippen molar-refractivity contribution >= 4 is 23.2 Å². The van der Waals surface area contributed by atoms with Crippen LogP contribution in [0.25, 0.3) is 0 Å². The zero-order valence-corrected chi connectivity index (χ0v) is 17.2. The second-order valence-corrected chi connectivity index (χ2v) is 8.16. The van der Waals surface area contributed by atoms with Crippen LogP contribution in [0.1, 0.15) is 41.9 Å². The zero-order valence-electron chi connectivity index (χ0n) is 17.2. The van der Waals surface area contributed by atoms with Crippen molar-refractivity contribution in [1.82, 2.24) is 5.43 Å². The average Bonchev–Trinajstić information content (AvgIpc) is 3.30. The van der Waals surface area contributed by atoms with E-state index in [4.69, 9.17) is 0 Å². The number of anilines is 1. The van der Waals surface area contributed by atoms with Gasteiger partial charge in [-0.15, -0.1) is 0 Å². The number of halogens is 1. The number of allylic oxidation sites excluding steroid dienone is 1. The number of nitro groups is 1. The molecule has 2 aromatic carbocycles. The highest BCUT2D eigenvalue weighted by atomic mass is 19.1. The van der Waals surface area contributed by atoms with Crippen molar-refractivity contribution in [2.75, 3.05) is 5.01 Å². The van der Waals surface area contributed by atoms with Crippen molar-refractivity contribution in [3.05, 3.63) is 80.7 Å². The quantitative estimate of drug-likeness (QED) is 0.345. The molecule has 0 spiro atoms. The van der Waals surface area contributed by atoms with Crippen LogP contribution >= 0.6 is 0 Å². The Kier molecular flexibility index (Phi) is 5.31. The van der Waals surface area contributed by atoms with Gasteiger partial charge in [-0.25, -0.2) is 9.40 Å². The lowest BCUT2D eigenvalue weighted by molar-refractivity contribution is -0.385. The monoisotopic (exact) mass is 423 g/mol. The highest BCUT2D eigenvalue weighted by Crippen LogP contribution is 2.43. The molecule has 31 heavy (non-hydrogen) atoms. The molecule has 1 saturated carbocycles. The van der Waals surface area contributed by atoms with E-state index in [1.807, 2.05) is 19.9 Å². The first-order valence-electron chi connectivity index (χ1n) is 10.1. The molecule has 0 radical (unpaired) electrons. The summed E-state index contributed by atoms with van der Waals surface area (Å²) in [6.45, 7) is 3.79. The SMILES string of the molecule is Cc1cc(C2CCC(/C=C3/C(=O)NN(c4ccc(F)cc4)C3=O)C2)c([N+](=O)[O-])cc1C. The first-order chi connectivity index (χ1) is 14.7. The highest BCUT2D eigenvalue weighted by Gasteiger charge is 2.37. The number of benzene rings is 2. The smallest absolute Gasteiger partial charge is 0.267 e. The summed E-state index contributed by atoms with van der Waals surface area (Å²) in [5, 5.41) is 12.7. The Balaban J connectivity index is 1.54. The lowest BCUT2D eigenvalue weighted by Crippen LogP contribution is -2.35. The number of nitrogens with zero attached hydrogens (tertiary/aromatic N) is 2. The van der Waals surface area contributed by atoms with Gasteiger partial charge in [-0.05, 0) is 86.4 Å². The summed E-state index contributed by atoms with van der Waals surface area (Å²) in [7, 11) is 0. The maximum absolute atomic E-state index is 13.2. The minimum atomic E-state index is -0.505. The fraction of sp³-hybridized carbons (Fsp3) is 0.304. The van der Waals surface area contributed by atoms with E-state index in [0.717, 1.165) is 29.0 Å². The van der Waals surface area contributed by atoms with Crippen LogP contribution in [0.15, 0.2) is 48.0 Å². The molecule has 0 bridgehead atoms. The summed E-state index contributed by atoms with van der Waals surface area (Å²) in [5.74, 6) is -1.47. The molecule has 2 atom stereocenters. The molecule has 1 heterocycles. The second kappa shape index (κ2) is 7.94. The molecule has 1 saturated heterocycles. The average molecular weight is 423 g/mol. The van der Waals surface area contributed by atoms with Crippen molar-refractivity contribution in [3.63, 3.8) is 0 Å². The molecule has 2 aliphatic rings. The fourth-order valence-electron chi connectivity index (χ4n) is 4.34. The Morgan fingerprint density at radius 3 is 2.48 bits per heavy atom. The van der Waals surface area contributed by atoms with Gasteiger partial charge in [0, 0.05) is 11.6 Å². The van der Waals surface area contributed by atoms with Gasteiger partial charge in [-0.3, -0.25) is 25.1 Å². The standard InChI is InChI=1S/C23H22FN3O4/c1-13-9-19(21(27(30)31)10-14(13)2)16-4-3-15(11-16)12-20-22(28)25-26(23(20)29)18-7-5-17(24)6-8-18/h5-10,12,15-16H,3-4,11H2,1-2H3,(H,25,28)/b20-12-. The van der Waals surface area contributed by atoms with Crippen molar-refractivity contribution in [2.24, 2.45) is 5.92 Å². The number of hydrogen-bond donors (Lipinski definition) is 1. The number of aryl methyl sites for hydroxylation is 2. The van der Waals surface area contributed by atoms with Crippen molar-refractivity contribution < 1.29 is 18.9 Å². The van der Waals surface area contributed by atoms with Gasteiger partial charge in [0.2, 0.25) is 0 Å². The van der Waals surface area contributed by atoms with Gasteiger partial charge in [0.15, 0.2) is 0 Å². The van der Waals surface area contributed by atoms with Gasteiger partial charge < -0.3 is 0 Å². The van der Waals surface area contributed by atoms with E-state index in [9.17, 15) is 24.1 Å². The maximum Gasteiger partial charge on any atom is 0.282 e. The molecular formula is C23H22FN3O4. The zero-order chi connectivity index (χ0) is 22.3. The second-order valence-electron chi connectivity index (χ2n) is 8.16. The Labute approximate surface area is 178 Å². The van der Waals surface area contributed by atoms with Crippen LogP contribution in [0.2, 0.25) is 0 Å². The molecule has 1 aliphatic heterocycles. The molecule has 0 aromatic heterocycles. The summed E-state index contributed by atoms with van der Waals surface area (Å²) < 4.78 is 13.2. The first kappa shape index (κ1) is 20.7. The van der Waals surface area contributed by atoms with E-state index >= 15 is 0 Å². The van der Waals surface area contributed by atoms with Crippen LogP contribution in [0, 0.1) is 35.7 Å². The van der Waals surface area contributed by atoms with Gasteiger partial charge in [0.05, 0.1) is 10.6 Å². The number of hydrogen-bond acceptors (Lipinski definition) is 4. The Morgan fingerprint density at radius 1 is 1.13 bits per heavy atom. The number of nitrogens with one attached hydrogen (secondary N) is 1. The third-order valence-electron chi connectivity index (χ3n) is 6.13. The number of carbonyl (C=O) groups is 2. The third-order valence-corrected chi connectivity index (χ3v) is 6.13. The maximum atomic E-state index is 13.2.